The Kier molecular flexibility index (Phi) is 2.91. The average molecular weight is 214 g/mol. The van der Waals surface area contributed by atoms with E-state index in [-0.39, 0.29) is 0 Å². The third-order valence-electron chi connectivity index (χ3n) is 2.17. The Morgan fingerprint density at radius 1 is 1.19 bits per heavy atom. The van der Waals surface area contributed by atoms with E-state index in [1.807, 2.05) is 6.07 Å². The molecule has 0 radical (unpaired) electrons. The van der Waals surface area contributed by atoms with E-state index in [2.05, 4.69) is 9.97 Å². The maximum atomic E-state index is 10.6. The van der Waals surface area contributed by atoms with Crippen LogP contribution in [0.15, 0.2) is 36.8 Å². The second kappa shape index (κ2) is 4.53. The minimum atomic E-state index is 0.549. The Morgan fingerprint density at radius 2 is 2.06 bits per heavy atom. The van der Waals surface area contributed by atoms with Gasteiger partial charge in [-0.15, -0.1) is 0 Å². The lowest BCUT2D eigenvalue weighted by Gasteiger charge is -2.02. The molecule has 4 nitrogen and oxygen atoms in total. The summed E-state index contributed by atoms with van der Waals surface area (Å²) in [5.41, 5.74) is 2.31. The van der Waals surface area contributed by atoms with Crippen LogP contribution in [0.1, 0.15) is 10.4 Å². The molecule has 0 N–H and O–H groups in total. The Bertz CT molecular complexity index is 495. The minimum absolute atomic E-state index is 0.549. The number of pyridine rings is 2. The predicted octanol–water partition coefficient (Wildman–Crippen LogP) is 1.96. The molecule has 0 fully saturated rings. The second-order valence-corrected chi connectivity index (χ2v) is 3.21. The van der Waals surface area contributed by atoms with Gasteiger partial charge in [0.2, 0.25) is 5.88 Å². The zero-order chi connectivity index (χ0) is 11.4. The minimum Gasteiger partial charge on any atom is -0.481 e. The molecule has 2 aromatic heterocycles. The monoisotopic (exact) mass is 214 g/mol. The van der Waals surface area contributed by atoms with E-state index in [1.54, 1.807) is 31.6 Å². The highest BCUT2D eigenvalue weighted by molar-refractivity contribution is 5.77. The smallest absolute Gasteiger partial charge is 0.212 e. The van der Waals surface area contributed by atoms with Crippen LogP contribution < -0.4 is 4.74 Å². The molecule has 2 heterocycles. The van der Waals surface area contributed by atoms with Gasteiger partial charge in [0.1, 0.15) is 0 Å². The zero-order valence-electron chi connectivity index (χ0n) is 8.75. The molecule has 0 aromatic carbocycles. The predicted molar refractivity (Wildman–Crippen MR) is 59.4 cm³/mol. The first-order chi connectivity index (χ1) is 7.83. The lowest BCUT2D eigenvalue weighted by molar-refractivity contribution is 0.112. The zero-order valence-corrected chi connectivity index (χ0v) is 8.75. The van der Waals surface area contributed by atoms with Crippen molar-refractivity contribution in [3.63, 3.8) is 0 Å². The molecule has 0 amide bonds. The van der Waals surface area contributed by atoms with E-state index < -0.39 is 0 Å². The molecule has 0 unspecified atom stereocenters. The Balaban J connectivity index is 2.38. The van der Waals surface area contributed by atoms with E-state index in [9.17, 15) is 4.79 Å². The first-order valence-electron chi connectivity index (χ1n) is 4.74. The van der Waals surface area contributed by atoms with E-state index in [0.29, 0.717) is 11.4 Å². The average Bonchev–Trinajstić information content (AvgIpc) is 2.39. The van der Waals surface area contributed by atoms with Gasteiger partial charge in [-0.05, 0) is 12.1 Å². The van der Waals surface area contributed by atoms with Crippen molar-refractivity contribution in [2.24, 2.45) is 0 Å². The van der Waals surface area contributed by atoms with Crippen molar-refractivity contribution in [3.8, 4) is 17.0 Å². The van der Waals surface area contributed by atoms with Crippen LogP contribution >= 0.6 is 0 Å². The highest BCUT2D eigenvalue weighted by Gasteiger charge is 2.00. The number of ether oxygens (including phenoxy) is 1. The van der Waals surface area contributed by atoms with Crippen molar-refractivity contribution in [3.05, 3.63) is 42.4 Å². The van der Waals surface area contributed by atoms with Crippen molar-refractivity contribution >= 4 is 6.29 Å². The summed E-state index contributed by atoms with van der Waals surface area (Å²) >= 11 is 0. The summed E-state index contributed by atoms with van der Waals surface area (Å²) in [6.07, 6.45) is 5.67. The van der Waals surface area contributed by atoms with E-state index in [0.717, 1.165) is 17.4 Å². The molecule has 0 aliphatic heterocycles. The summed E-state index contributed by atoms with van der Waals surface area (Å²) in [5.74, 6) is 0.559. The Hall–Kier alpha value is -2.23. The van der Waals surface area contributed by atoms with Gasteiger partial charge in [0.25, 0.3) is 0 Å². The van der Waals surface area contributed by atoms with Crippen molar-refractivity contribution in [2.75, 3.05) is 7.11 Å². The number of carbonyl (C=O) groups excluding carboxylic acids is 1. The van der Waals surface area contributed by atoms with Gasteiger partial charge in [0.05, 0.1) is 7.11 Å². The summed E-state index contributed by atoms with van der Waals surface area (Å²) in [4.78, 5) is 18.7. The van der Waals surface area contributed by atoms with Crippen LogP contribution in [0.2, 0.25) is 0 Å². The van der Waals surface area contributed by atoms with Gasteiger partial charge in [0.15, 0.2) is 6.29 Å². The molecule has 2 rings (SSSR count). The maximum absolute atomic E-state index is 10.6. The Morgan fingerprint density at radius 3 is 2.69 bits per heavy atom. The van der Waals surface area contributed by atoms with Gasteiger partial charge < -0.3 is 4.74 Å². The number of hydrogen-bond donors (Lipinski definition) is 0. The van der Waals surface area contributed by atoms with Gasteiger partial charge in [0, 0.05) is 41.3 Å². The molecule has 2 aromatic rings. The van der Waals surface area contributed by atoms with Crippen molar-refractivity contribution in [1.29, 1.82) is 0 Å². The molecule has 80 valence electrons. The van der Waals surface area contributed by atoms with Crippen LogP contribution in [0.4, 0.5) is 0 Å². The fourth-order valence-electron chi connectivity index (χ4n) is 1.35. The molecule has 0 aliphatic rings. The first-order valence-corrected chi connectivity index (χ1v) is 4.74. The van der Waals surface area contributed by atoms with Gasteiger partial charge in [-0.2, -0.15) is 0 Å². The van der Waals surface area contributed by atoms with E-state index >= 15 is 0 Å². The number of nitrogens with zero attached hydrogens (tertiary/aromatic N) is 2. The van der Waals surface area contributed by atoms with Gasteiger partial charge in [-0.3, -0.25) is 9.78 Å². The lowest BCUT2D eigenvalue weighted by Crippen LogP contribution is -1.89. The fourth-order valence-corrected chi connectivity index (χ4v) is 1.35. The van der Waals surface area contributed by atoms with Crippen molar-refractivity contribution < 1.29 is 9.53 Å². The number of hydrogen-bond acceptors (Lipinski definition) is 4. The van der Waals surface area contributed by atoms with Crippen LogP contribution in [-0.4, -0.2) is 23.4 Å². The third kappa shape index (κ3) is 2.06. The molecule has 4 heteroatoms. The van der Waals surface area contributed by atoms with Gasteiger partial charge >= 0.3 is 0 Å². The number of methoxy groups -OCH3 is 1. The molecular formula is C12H10N2O2. The topological polar surface area (TPSA) is 52.1 Å². The molecular weight excluding hydrogens is 204 g/mol. The third-order valence-corrected chi connectivity index (χ3v) is 2.17. The normalized spacial score (nSPS) is 9.81. The van der Waals surface area contributed by atoms with Crippen LogP contribution in [-0.2, 0) is 0 Å². The number of rotatable bonds is 3. The fraction of sp³-hybridized carbons (Fsp3) is 0.0833. The summed E-state index contributed by atoms with van der Waals surface area (Å²) in [5, 5.41) is 0. The molecule has 0 bridgehead atoms. The van der Waals surface area contributed by atoms with Crippen molar-refractivity contribution in [2.45, 2.75) is 0 Å². The van der Waals surface area contributed by atoms with Crippen LogP contribution in [0.3, 0.4) is 0 Å². The molecule has 16 heavy (non-hydrogen) atoms. The van der Waals surface area contributed by atoms with Crippen LogP contribution in [0.25, 0.3) is 11.1 Å². The van der Waals surface area contributed by atoms with Crippen LogP contribution in [0, 0.1) is 0 Å². The summed E-state index contributed by atoms with van der Waals surface area (Å²) in [6, 6.07) is 5.41. The summed E-state index contributed by atoms with van der Waals surface area (Å²) in [6.45, 7) is 0. The molecule has 0 spiro atoms. The SMILES string of the molecule is COc1ccc(-c2cncc(C=O)c2)cn1. The standard InChI is InChI=1S/C12H10N2O2/c1-16-12-3-2-10(7-14-12)11-4-9(8-15)5-13-6-11/h2-8H,1H3. The maximum Gasteiger partial charge on any atom is 0.212 e. The molecule has 0 saturated carbocycles. The van der Waals surface area contributed by atoms with Crippen molar-refractivity contribution in [1.82, 2.24) is 9.97 Å². The number of aromatic nitrogens is 2. The summed E-state index contributed by atoms with van der Waals surface area (Å²) < 4.78 is 4.97. The van der Waals surface area contributed by atoms with Crippen LogP contribution in [0.5, 0.6) is 5.88 Å². The quantitative estimate of drug-likeness (QED) is 0.733. The second-order valence-electron chi connectivity index (χ2n) is 3.21. The van der Waals surface area contributed by atoms with E-state index in [4.69, 9.17) is 4.74 Å². The Labute approximate surface area is 92.9 Å². The molecule has 0 saturated heterocycles. The highest BCUT2D eigenvalue weighted by atomic mass is 16.5. The number of carbonyl (C=O) groups is 1. The number of aldehydes is 1. The van der Waals surface area contributed by atoms with E-state index in [1.165, 1.54) is 6.20 Å². The largest absolute Gasteiger partial charge is 0.481 e. The molecule has 0 aliphatic carbocycles. The molecule has 0 atom stereocenters. The summed E-state index contributed by atoms with van der Waals surface area (Å²) in [7, 11) is 1.57. The first kappa shape index (κ1) is 10.3. The van der Waals surface area contributed by atoms with Gasteiger partial charge in [-0.25, -0.2) is 4.98 Å². The highest BCUT2D eigenvalue weighted by Crippen LogP contribution is 2.19. The van der Waals surface area contributed by atoms with Gasteiger partial charge in [-0.1, -0.05) is 0 Å². The lowest BCUT2D eigenvalue weighted by atomic mass is 10.1.